The quantitative estimate of drug-likeness (QED) is 0.866. The molecule has 5 nitrogen and oxygen atoms in total. The Morgan fingerprint density at radius 3 is 3.06 bits per heavy atom. The van der Waals surface area contributed by atoms with E-state index in [0.717, 1.165) is 16.0 Å². The van der Waals surface area contributed by atoms with Gasteiger partial charge in [0.05, 0.1) is 11.8 Å². The number of methoxy groups -OCH3 is 1. The van der Waals surface area contributed by atoms with Gasteiger partial charge in [-0.25, -0.2) is 4.98 Å². The van der Waals surface area contributed by atoms with E-state index in [0.29, 0.717) is 18.1 Å². The predicted octanol–water partition coefficient (Wildman–Crippen LogP) is 1.85. The number of nitrogens with one attached hydrogen (secondary N) is 2. The molecule has 1 amide bonds. The van der Waals surface area contributed by atoms with Crippen LogP contribution < -0.4 is 15.4 Å². The number of carbonyl (C=O) groups is 1. The van der Waals surface area contributed by atoms with Crippen molar-refractivity contribution in [1.29, 1.82) is 0 Å². The van der Waals surface area contributed by atoms with Crippen LogP contribution in [0.2, 0.25) is 0 Å². The van der Waals surface area contributed by atoms with Crippen LogP contribution in [0, 0.1) is 0 Å². The summed E-state index contributed by atoms with van der Waals surface area (Å²) >= 11 is 1.45. The second kappa shape index (κ2) is 5.79. The molecule has 2 aromatic rings. The molecule has 1 aromatic carbocycles. The first-order chi connectivity index (χ1) is 8.74. The molecule has 0 aliphatic carbocycles. The zero-order chi connectivity index (χ0) is 13.0. The Balaban J connectivity index is 2.17. The Kier molecular flexibility index (Phi) is 4.11. The van der Waals surface area contributed by atoms with Gasteiger partial charge in [-0.2, -0.15) is 0 Å². The van der Waals surface area contributed by atoms with Gasteiger partial charge in [-0.3, -0.25) is 4.79 Å². The van der Waals surface area contributed by atoms with Crippen LogP contribution in [0.4, 0.5) is 5.13 Å². The van der Waals surface area contributed by atoms with Crippen molar-refractivity contribution < 1.29 is 9.53 Å². The zero-order valence-corrected chi connectivity index (χ0v) is 11.1. The monoisotopic (exact) mass is 265 g/mol. The topological polar surface area (TPSA) is 63.2 Å². The molecule has 0 aliphatic heterocycles. The molecular weight excluding hydrogens is 250 g/mol. The average molecular weight is 265 g/mol. The highest BCUT2D eigenvalue weighted by atomic mass is 32.1. The second-order valence-electron chi connectivity index (χ2n) is 3.73. The van der Waals surface area contributed by atoms with Gasteiger partial charge >= 0.3 is 0 Å². The van der Waals surface area contributed by atoms with Gasteiger partial charge in [-0.1, -0.05) is 17.4 Å². The van der Waals surface area contributed by atoms with E-state index in [1.165, 1.54) is 11.3 Å². The largest absolute Gasteiger partial charge is 0.494 e. The Morgan fingerprint density at radius 2 is 2.33 bits per heavy atom. The zero-order valence-electron chi connectivity index (χ0n) is 10.3. The van der Waals surface area contributed by atoms with E-state index in [1.54, 1.807) is 7.11 Å². The van der Waals surface area contributed by atoms with Gasteiger partial charge in [0.15, 0.2) is 5.13 Å². The minimum absolute atomic E-state index is 0.0395. The van der Waals surface area contributed by atoms with Gasteiger partial charge in [0.25, 0.3) is 0 Å². The van der Waals surface area contributed by atoms with E-state index in [1.807, 2.05) is 25.2 Å². The SMILES string of the molecule is CNCCC(=O)Nc1nc2c(OC)cccc2s1. The van der Waals surface area contributed by atoms with Crippen molar-refractivity contribution in [3.63, 3.8) is 0 Å². The molecule has 1 aromatic heterocycles. The van der Waals surface area contributed by atoms with E-state index in [4.69, 9.17) is 4.74 Å². The van der Waals surface area contributed by atoms with Gasteiger partial charge < -0.3 is 15.4 Å². The van der Waals surface area contributed by atoms with Crippen LogP contribution in [-0.4, -0.2) is 31.6 Å². The van der Waals surface area contributed by atoms with Gasteiger partial charge in [0.1, 0.15) is 11.3 Å². The first-order valence-electron chi connectivity index (χ1n) is 5.62. The maximum Gasteiger partial charge on any atom is 0.227 e. The summed E-state index contributed by atoms with van der Waals surface area (Å²) in [6, 6.07) is 5.72. The summed E-state index contributed by atoms with van der Waals surface area (Å²) in [4.78, 5) is 16.0. The number of amides is 1. The lowest BCUT2D eigenvalue weighted by Gasteiger charge is -2.00. The van der Waals surface area contributed by atoms with Gasteiger partial charge in [0, 0.05) is 13.0 Å². The lowest BCUT2D eigenvalue weighted by molar-refractivity contribution is -0.116. The van der Waals surface area contributed by atoms with Gasteiger partial charge in [0.2, 0.25) is 5.91 Å². The smallest absolute Gasteiger partial charge is 0.227 e. The van der Waals surface area contributed by atoms with Gasteiger partial charge in [-0.15, -0.1) is 0 Å². The normalized spacial score (nSPS) is 10.6. The van der Waals surface area contributed by atoms with Crippen molar-refractivity contribution in [1.82, 2.24) is 10.3 Å². The maximum atomic E-state index is 11.6. The minimum atomic E-state index is -0.0395. The third-order valence-corrected chi connectivity index (χ3v) is 3.39. The molecule has 6 heteroatoms. The van der Waals surface area contributed by atoms with E-state index in [2.05, 4.69) is 15.6 Å². The molecule has 96 valence electrons. The van der Waals surface area contributed by atoms with Crippen molar-refractivity contribution in [3.8, 4) is 5.75 Å². The van der Waals surface area contributed by atoms with Crippen LogP contribution >= 0.6 is 11.3 Å². The highest BCUT2D eigenvalue weighted by Gasteiger charge is 2.10. The number of hydrogen-bond donors (Lipinski definition) is 2. The molecule has 0 saturated heterocycles. The standard InChI is InChI=1S/C12H15N3O2S/c1-13-7-6-10(16)14-12-15-11-8(17-2)4-3-5-9(11)18-12/h3-5,13H,6-7H2,1-2H3,(H,14,15,16). The number of rotatable bonds is 5. The summed E-state index contributed by atoms with van der Waals surface area (Å²) in [7, 11) is 3.43. The van der Waals surface area contributed by atoms with Crippen LogP contribution in [0.3, 0.4) is 0 Å². The summed E-state index contributed by atoms with van der Waals surface area (Å²) in [5.74, 6) is 0.682. The predicted molar refractivity (Wildman–Crippen MR) is 73.3 cm³/mol. The van der Waals surface area contributed by atoms with Crippen molar-refractivity contribution in [2.75, 3.05) is 26.0 Å². The number of nitrogens with zero attached hydrogens (tertiary/aromatic N) is 1. The third-order valence-electron chi connectivity index (χ3n) is 2.45. The van der Waals surface area contributed by atoms with Crippen molar-refractivity contribution in [2.24, 2.45) is 0 Å². The number of fused-ring (bicyclic) bond motifs is 1. The molecular formula is C12H15N3O2S. The fraction of sp³-hybridized carbons (Fsp3) is 0.333. The Bertz CT molecular complexity index is 553. The van der Waals surface area contributed by atoms with Crippen LogP contribution in [0.1, 0.15) is 6.42 Å². The maximum absolute atomic E-state index is 11.6. The fourth-order valence-corrected chi connectivity index (χ4v) is 2.46. The fourth-order valence-electron chi connectivity index (χ4n) is 1.56. The molecule has 18 heavy (non-hydrogen) atoms. The summed E-state index contributed by atoms with van der Waals surface area (Å²) in [6.07, 6.45) is 0.434. The Hall–Kier alpha value is -1.66. The van der Waals surface area contributed by atoms with Crippen LogP contribution in [-0.2, 0) is 4.79 Å². The number of thiazole rings is 1. The van der Waals surface area contributed by atoms with Crippen LogP contribution in [0.5, 0.6) is 5.75 Å². The summed E-state index contributed by atoms with van der Waals surface area (Å²) < 4.78 is 6.23. The summed E-state index contributed by atoms with van der Waals surface area (Å²) in [6.45, 7) is 0.653. The van der Waals surface area contributed by atoms with Crippen molar-refractivity contribution >= 4 is 32.6 Å². The van der Waals surface area contributed by atoms with Crippen molar-refractivity contribution in [2.45, 2.75) is 6.42 Å². The highest BCUT2D eigenvalue weighted by molar-refractivity contribution is 7.22. The molecule has 0 atom stereocenters. The molecule has 0 unspecified atom stereocenters. The van der Waals surface area contributed by atoms with Gasteiger partial charge in [-0.05, 0) is 19.2 Å². The molecule has 2 N–H and O–H groups in total. The second-order valence-corrected chi connectivity index (χ2v) is 4.76. The number of para-hydroxylation sites is 1. The number of anilines is 1. The summed E-state index contributed by atoms with van der Waals surface area (Å²) in [5.41, 5.74) is 0.786. The average Bonchev–Trinajstić information content (AvgIpc) is 2.78. The molecule has 0 spiro atoms. The minimum Gasteiger partial charge on any atom is -0.494 e. The van der Waals surface area contributed by atoms with E-state index in [-0.39, 0.29) is 5.91 Å². The van der Waals surface area contributed by atoms with Crippen LogP contribution in [0.15, 0.2) is 18.2 Å². The Morgan fingerprint density at radius 1 is 1.50 bits per heavy atom. The number of hydrogen-bond acceptors (Lipinski definition) is 5. The van der Waals surface area contributed by atoms with E-state index < -0.39 is 0 Å². The lowest BCUT2D eigenvalue weighted by Crippen LogP contribution is -2.18. The number of aromatic nitrogens is 1. The first-order valence-corrected chi connectivity index (χ1v) is 6.44. The first kappa shape index (κ1) is 12.8. The third kappa shape index (κ3) is 2.77. The summed E-state index contributed by atoms with van der Waals surface area (Å²) in [5, 5.41) is 6.33. The number of benzene rings is 1. The van der Waals surface area contributed by atoms with Crippen LogP contribution in [0.25, 0.3) is 10.2 Å². The van der Waals surface area contributed by atoms with E-state index >= 15 is 0 Å². The number of carbonyl (C=O) groups excluding carboxylic acids is 1. The van der Waals surface area contributed by atoms with E-state index in [9.17, 15) is 4.79 Å². The molecule has 0 bridgehead atoms. The molecule has 0 radical (unpaired) electrons. The molecule has 1 heterocycles. The molecule has 0 aliphatic rings. The highest BCUT2D eigenvalue weighted by Crippen LogP contribution is 2.31. The molecule has 0 saturated carbocycles. The lowest BCUT2D eigenvalue weighted by atomic mass is 10.3. The Labute approximate surface area is 109 Å². The van der Waals surface area contributed by atoms with Crippen molar-refractivity contribution in [3.05, 3.63) is 18.2 Å². The molecule has 2 rings (SSSR count). The molecule has 0 fully saturated rings. The number of ether oxygens (including phenoxy) is 1.